The van der Waals surface area contributed by atoms with Gasteiger partial charge in [-0.25, -0.2) is 0 Å². The second-order valence-corrected chi connectivity index (χ2v) is 12.1. The molecule has 0 aromatic heterocycles. The zero-order chi connectivity index (χ0) is 31.4. The molecule has 1 fully saturated rings. The molecule has 9 heteroatoms. The number of allylic oxidation sites excluding steroid dienone is 1. The molecule has 0 amide bonds. The lowest BCUT2D eigenvalue weighted by Crippen LogP contribution is -2.51. The van der Waals surface area contributed by atoms with E-state index in [1.807, 2.05) is 0 Å². The average Bonchev–Trinajstić information content (AvgIpc) is 3.01. The highest BCUT2D eigenvalue weighted by Gasteiger charge is 2.36. The average molecular weight is 614 g/mol. The van der Waals surface area contributed by atoms with Gasteiger partial charge in [0.2, 0.25) is 0 Å². The number of aliphatic hydroxyl groups excluding tert-OH is 1. The molecule has 4 atom stereocenters. The van der Waals surface area contributed by atoms with Crippen molar-refractivity contribution < 1.29 is 38.3 Å². The zero-order valence-electron chi connectivity index (χ0n) is 27.0. The molecule has 4 rings (SSSR count). The van der Waals surface area contributed by atoms with Gasteiger partial charge in [0.05, 0.1) is 51.8 Å². The number of aliphatic hydroxyl groups is 1. The number of rotatable bonds is 18. The van der Waals surface area contributed by atoms with E-state index in [1.54, 1.807) is 21.3 Å². The highest BCUT2D eigenvalue weighted by atomic mass is 16.5. The second-order valence-electron chi connectivity index (χ2n) is 12.1. The molecule has 0 spiro atoms. The maximum atomic E-state index is 10.3. The van der Waals surface area contributed by atoms with Crippen LogP contribution in [-0.2, 0) is 41.6 Å². The van der Waals surface area contributed by atoms with Gasteiger partial charge in [0, 0.05) is 52.5 Å². The first-order valence-electron chi connectivity index (χ1n) is 15.6. The second kappa shape index (κ2) is 17.4. The fourth-order valence-electron chi connectivity index (χ4n) is 5.89. The molecule has 2 aliphatic rings. The van der Waals surface area contributed by atoms with E-state index in [1.165, 1.54) is 5.57 Å². The molecule has 2 N–H and O–H groups in total. The van der Waals surface area contributed by atoms with Crippen LogP contribution in [0.5, 0.6) is 5.75 Å². The van der Waals surface area contributed by atoms with Gasteiger partial charge in [-0.15, -0.1) is 0 Å². The van der Waals surface area contributed by atoms with Gasteiger partial charge in [-0.3, -0.25) is 0 Å². The summed E-state index contributed by atoms with van der Waals surface area (Å²) >= 11 is 0. The summed E-state index contributed by atoms with van der Waals surface area (Å²) in [5.74, 6) is 0.876. The normalized spacial score (nSPS) is 21.8. The summed E-state index contributed by atoms with van der Waals surface area (Å²) in [4.78, 5) is 0. The summed E-state index contributed by atoms with van der Waals surface area (Å²) < 4.78 is 40.4. The van der Waals surface area contributed by atoms with Crippen molar-refractivity contribution in [2.24, 2.45) is 0 Å². The summed E-state index contributed by atoms with van der Waals surface area (Å²) in [5, 5.41) is 13.8. The van der Waals surface area contributed by atoms with Gasteiger partial charge in [-0.1, -0.05) is 30.3 Å². The minimum atomic E-state index is -0.692. The molecule has 9 nitrogen and oxygen atoms in total. The largest absolute Gasteiger partial charge is 0.483 e. The molecule has 1 saturated heterocycles. The van der Waals surface area contributed by atoms with Crippen molar-refractivity contribution in [1.29, 1.82) is 0 Å². The summed E-state index contributed by atoms with van der Waals surface area (Å²) in [5.41, 5.74) is 5.36. The van der Waals surface area contributed by atoms with Crippen molar-refractivity contribution in [2.45, 2.75) is 69.7 Å². The van der Waals surface area contributed by atoms with E-state index in [0.717, 1.165) is 47.5 Å². The minimum Gasteiger partial charge on any atom is -0.483 e. The third-order valence-electron chi connectivity index (χ3n) is 7.96. The third-order valence-corrected chi connectivity index (χ3v) is 7.96. The summed E-state index contributed by atoms with van der Waals surface area (Å²) in [6.07, 6.45) is 3.09. The Bertz CT molecular complexity index is 1170. The fourth-order valence-corrected chi connectivity index (χ4v) is 5.89. The fraction of sp³-hybridized carbons (Fsp3) is 0.600. The van der Waals surface area contributed by atoms with Crippen molar-refractivity contribution >= 4 is 5.57 Å². The number of benzene rings is 2. The maximum absolute atomic E-state index is 10.3. The van der Waals surface area contributed by atoms with Gasteiger partial charge in [0.25, 0.3) is 0 Å². The molecule has 2 aromatic rings. The van der Waals surface area contributed by atoms with Gasteiger partial charge >= 0.3 is 0 Å². The minimum absolute atomic E-state index is 0.0271. The van der Waals surface area contributed by atoms with E-state index in [2.05, 4.69) is 67.7 Å². The van der Waals surface area contributed by atoms with Crippen LogP contribution in [0.3, 0.4) is 0 Å². The Labute approximate surface area is 262 Å². The molecular formula is C35H51NO8. The van der Waals surface area contributed by atoms with E-state index in [-0.39, 0.29) is 36.9 Å². The van der Waals surface area contributed by atoms with Gasteiger partial charge in [0.15, 0.2) is 0 Å². The van der Waals surface area contributed by atoms with Crippen LogP contribution in [0.4, 0.5) is 0 Å². The molecule has 2 aliphatic heterocycles. The maximum Gasteiger partial charge on any atom is 0.128 e. The first kappa shape index (κ1) is 34.5. The zero-order valence-corrected chi connectivity index (χ0v) is 27.0. The Morgan fingerprint density at radius 1 is 0.864 bits per heavy atom. The Morgan fingerprint density at radius 3 is 2.32 bits per heavy atom. The third kappa shape index (κ3) is 10.1. The first-order chi connectivity index (χ1) is 21.3. The molecule has 0 aliphatic carbocycles. The Kier molecular flexibility index (Phi) is 13.6. The van der Waals surface area contributed by atoms with Crippen molar-refractivity contribution in [2.75, 3.05) is 67.5 Å². The molecule has 2 aromatic carbocycles. The van der Waals surface area contributed by atoms with Gasteiger partial charge in [0.1, 0.15) is 17.5 Å². The van der Waals surface area contributed by atoms with Crippen LogP contribution in [0.1, 0.15) is 54.9 Å². The smallest absolute Gasteiger partial charge is 0.128 e. The number of nitrogens with one attached hydrogen (secondary N) is 1. The number of hydrogen-bond acceptors (Lipinski definition) is 9. The summed E-state index contributed by atoms with van der Waals surface area (Å²) in [6, 6.07) is 14.8. The van der Waals surface area contributed by atoms with Crippen molar-refractivity contribution in [3.8, 4) is 5.75 Å². The van der Waals surface area contributed by atoms with Crippen LogP contribution in [0.15, 0.2) is 48.5 Å². The topological polar surface area (TPSA) is 96.9 Å². The molecule has 1 unspecified atom stereocenters. The number of ether oxygens (including phenoxy) is 7. The van der Waals surface area contributed by atoms with E-state index >= 15 is 0 Å². The van der Waals surface area contributed by atoms with Crippen LogP contribution in [-0.4, -0.2) is 96.5 Å². The van der Waals surface area contributed by atoms with Crippen LogP contribution < -0.4 is 10.1 Å². The van der Waals surface area contributed by atoms with E-state index in [4.69, 9.17) is 33.2 Å². The highest BCUT2D eigenvalue weighted by molar-refractivity contribution is 5.74. The van der Waals surface area contributed by atoms with Gasteiger partial charge < -0.3 is 43.6 Å². The Morgan fingerprint density at radius 2 is 1.59 bits per heavy atom. The molecule has 244 valence electrons. The number of methoxy groups -OCH3 is 3. The molecule has 44 heavy (non-hydrogen) atoms. The van der Waals surface area contributed by atoms with Crippen molar-refractivity contribution in [3.05, 3.63) is 70.8 Å². The number of hydrogen-bond donors (Lipinski definition) is 2. The van der Waals surface area contributed by atoms with Crippen molar-refractivity contribution in [1.82, 2.24) is 5.32 Å². The summed E-state index contributed by atoms with van der Waals surface area (Å²) in [7, 11) is 4.98. The van der Waals surface area contributed by atoms with Crippen LogP contribution in [0, 0.1) is 0 Å². The molecule has 2 heterocycles. The Balaban J connectivity index is 1.49. The lowest BCUT2D eigenvalue weighted by molar-refractivity contribution is -0.0856. The van der Waals surface area contributed by atoms with Gasteiger partial charge in [-0.2, -0.15) is 0 Å². The van der Waals surface area contributed by atoms with Crippen LogP contribution >= 0.6 is 0 Å². The summed E-state index contributed by atoms with van der Waals surface area (Å²) in [6.45, 7) is 8.78. The lowest BCUT2D eigenvalue weighted by Gasteiger charge is -2.39. The van der Waals surface area contributed by atoms with Crippen molar-refractivity contribution in [3.63, 3.8) is 0 Å². The highest BCUT2D eigenvalue weighted by Crippen LogP contribution is 2.39. The molecule has 0 radical (unpaired) electrons. The predicted octanol–water partition coefficient (Wildman–Crippen LogP) is 4.50. The standard InChI is InChI=1S/C35H51NO8/c1-35(2)18-28(7-6-14-38-3)30-17-26(10-13-31(30)44-35)22-42-32-19-36-20-33(43-24-29(37)23-40-5)34(32)27-11-8-25(9-12-27)21-41-16-15-39-4/h8-13,17-18,29,32-34,36-37H,6-7,14-16,19-24H2,1-5H3/t29?,32-,33+,34+/m0/s1. The van der Waals surface area contributed by atoms with E-state index < -0.39 is 6.10 Å². The lowest BCUT2D eigenvalue weighted by atomic mass is 9.85. The SMILES string of the molecule is COCCCC1=CC(C)(C)Oc2ccc(CO[C@H]3CNC[C@@H](OCC(O)COC)[C@@H]3c3ccc(COCCOC)cc3)cc21. The molecular weight excluding hydrogens is 562 g/mol. The Hall–Kier alpha value is -2.34. The quantitative estimate of drug-likeness (QED) is 0.236. The van der Waals surface area contributed by atoms with Crippen LogP contribution in [0.2, 0.25) is 0 Å². The number of piperidine rings is 1. The van der Waals surface area contributed by atoms with E-state index in [9.17, 15) is 5.11 Å². The van der Waals surface area contributed by atoms with Gasteiger partial charge in [-0.05, 0) is 67.2 Å². The molecule has 0 bridgehead atoms. The van der Waals surface area contributed by atoms with E-state index in [0.29, 0.717) is 39.5 Å². The van der Waals surface area contributed by atoms with Crippen LogP contribution in [0.25, 0.3) is 5.57 Å². The first-order valence-corrected chi connectivity index (χ1v) is 15.6. The number of fused-ring (bicyclic) bond motifs is 1. The predicted molar refractivity (Wildman–Crippen MR) is 170 cm³/mol. The monoisotopic (exact) mass is 613 g/mol. The molecule has 0 saturated carbocycles.